The number of sulfonamides is 1. The molecule has 1 unspecified atom stereocenters. The van der Waals surface area contributed by atoms with Gasteiger partial charge in [-0.1, -0.05) is 58.9 Å². The standard InChI is InChI=1S/C55H95FN6O14S/c1-17-44-55(12,68)48(64)36(8)60(14)30-32(4)27-53(10,67)50(34(6)45(35(7)51(66)75-44)43-28-54(11,72-16)49(65)37(9)74-43)76-52-46(63)41(26-33(5)73-52)59(13)25-24-39-31-62(58-57-39)42(29-56)47(71-15)38-20-22-40(23-21-38)77(69,70)61(18-2)19-3/h20-23,31-37,41-50,52,63-65,67-68H,17-19,24-30H2,1-16H3/t32-,33-,34+,35-,36-,37+,41+,42-,43?,44-,45+,46-,47-,48-,49+,50-,52+,53-,54-,55-/m1/s1. The molecule has 0 radical (unpaired) electrons. The number of hydrogen-bond acceptors (Lipinski definition) is 18. The summed E-state index contributed by atoms with van der Waals surface area (Å²) in [7, 11) is 2.96. The highest BCUT2D eigenvalue weighted by Gasteiger charge is 2.55. The highest BCUT2D eigenvalue weighted by Crippen LogP contribution is 2.45. The van der Waals surface area contributed by atoms with E-state index in [0.29, 0.717) is 50.3 Å². The fourth-order valence-corrected chi connectivity index (χ4v) is 14.1. The Hall–Kier alpha value is -2.81. The summed E-state index contributed by atoms with van der Waals surface area (Å²) in [4.78, 5) is 18.7. The van der Waals surface area contributed by atoms with E-state index in [1.807, 2.05) is 44.7 Å². The average molecular weight is 1120 g/mol. The fourth-order valence-electron chi connectivity index (χ4n) is 12.6. The van der Waals surface area contributed by atoms with Gasteiger partial charge in [-0.2, -0.15) is 4.31 Å². The molecule has 3 aliphatic rings. The highest BCUT2D eigenvalue weighted by molar-refractivity contribution is 7.89. The van der Waals surface area contributed by atoms with Gasteiger partial charge >= 0.3 is 5.97 Å². The van der Waals surface area contributed by atoms with Gasteiger partial charge in [-0.05, 0) is 104 Å². The number of carbonyl (C=O) groups excluding carboxylic acids is 1. The van der Waals surface area contributed by atoms with Crippen molar-refractivity contribution in [3.63, 3.8) is 0 Å². The molecular formula is C55H95FN6O14S. The quantitative estimate of drug-likeness (QED) is 0.131. The first-order valence-electron chi connectivity index (χ1n) is 27.7. The zero-order valence-corrected chi connectivity index (χ0v) is 49.5. The second-order valence-corrected chi connectivity index (χ2v) is 25.2. The first kappa shape index (κ1) is 65.0. The van der Waals surface area contributed by atoms with Crippen LogP contribution in [0.4, 0.5) is 4.39 Å². The van der Waals surface area contributed by atoms with E-state index in [1.165, 1.54) is 42.3 Å². The number of halogens is 1. The monoisotopic (exact) mass is 1110 g/mol. The lowest BCUT2D eigenvalue weighted by atomic mass is 9.68. The Morgan fingerprint density at radius 3 is 2.16 bits per heavy atom. The minimum absolute atomic E-state index is 0.126. The maximum atomic E-state index is 15.0. The lowest BCUT2D eigenvalue weighted by Gasteiger charge is -2.51. The Morgan fingerprint density at radius 2 is 1.58 bits per heavy atom. The van der Waals surface area contributed by atoms with E-state index in [1.54, 1.807) is 73.7 Å². The van der Waals surface area contributed by atoms with E-state index in [2.05, 4.69) is 10.3 Å². The second-order valence-electron chi connectivity index (χ2n) is 23.2. The molecule has 3 saturated heterocycles. The number of esters is 1. The van der Waals surface area contributed by atoms with Crippen LogP contribution in [-0.4, -0.2) is 214 Å². The summed E-state index contributed by atoms with van der Waals surface area (Å²) in [6.45, 7) is 21.8. The molecular weight excluding hydrogens is 1020 g/mol. The van der Waals surface area contributed by atoms with Crippen molar-refractivity contribution in [1.82, 2.24) is 29.1 Å². The van der Waals surface area contributed by atoms with Gasteiger partial charge in [0.15, 0.2) is 6.29 Å². The number of methoxy groups -OCH3 is 2. The lowest BCUT2D eigenvalue weighted by molar-refractivity contribution is -0.302. The molecule has 20 atom stereocenters. The number of likely N-dealkylation sites (N-methyl/N-ethyl adjacent to an activating group) is 2. The number of cyclic esters (lactones) is 1. The van der Waals surface area contributed by atoms with Crippen LogP contribution in [0.15, 0.2) is 35.4 Å². The van der Waals surface area contributed by atoms with E-state index < -0.39 is 137 Å². The van der Waals surface area contributed by atoms with Crippen molar-refractivity contribution in [1.29, 1.82) is 0 Å². The average Bonchev–Trinajstić information content (AvgIpc) is 3.85. The molecule has 77 heavy (non-hydrogen) atoms. The summed E-state index contributed by atoms with van der Waals surface area (Å²) >= 11 is 0. The van der Waals surface area contributed by atoms with Gasteiger partial charge in [0.2, 0.25) is 10.0 Å². The molecule has 442 valence electrons. The SMILES string of the molecule is CC[C@H]1OC(=O)[C@H](C)[C@@H](C2C[C@@](C)(OC)[C@@H](O)[C@H](C)O2)[C@H](C)[C@@H](O[C@@H]2O[C@H](C)C[C@H](N(C)CCc3cn([C@H](CF)[C@H](OC)c4ccc(S(=O)(=O)N(CC)CC)cc4)nn3)[C@H]2O)[C@](C)(O)C[C@@H](C)CN(C)[C@H](C)[C@@H](O)[C@]1(C)O. The number of carbonyl (C=O) groups is 1. The molecule has 0 amide bonds. The minimum atomic E-state index is -3.70. The predicted octanol–water partition coefficient (Wildman–Crippen LogP) is 4.31. The number of nitrogens with zero attached hydrogens (tertiary/aromatic N) is 6. The molecule has 3 aliphatic heterocycles. The van der Waals surface area contributed by atoms with Crippen molar-refractivity contribution in [2.24, 2.45) is 23.7 Å². The smallest absolute Gasteiger partial charge is 0.309 e. The predicted molar refractivity (Wildman–Crippen MR) is 287 cm³/mol. The van der Waals surface area contributed by atoms with Crippen LogP contribution in [-0.2, 0) is 49.7 Å². The summed E-state index contributed by atoms with van der Waals surface area (Å²) in [5, 5.41) is 68.9. The third-order valence-electron chi connectivity index (χ3n) is 17.4. The molecule has 5 rings (SSSR count). The molecule has 0 saturated carbocycles. The van der Waals surface area contributed by atoms with Gasteiger partial charge in [-0.25, -0.2) is 17.5 Å². The number of rotatable bonds is 18. The molecule has 20 nitrogen and oxygen atoms in total. The number of aliphatic hydroxyl groups is 5. The van der Waals surface area contributed by atoms with Crippen LogP contribution in [0.5, 0.6) is 0 Å². The highest BCUT2D eigenvalue weighted by atomic mass is 32.2. The first-order valence-corrected chi connectivity index (χ1v) is 29.1. The number of benzene rings is 1. The molecule has 0 spiro atoms. The molecule has 2 aromatic rings. The summed E-state index contributed by atoms with van der Waals surface area (Å²) in [5.41, 5.74) is -3.45. The summed E-state index contributed by atoms with van der Waals surface area (Å²) < 4.78 is 82.0. The molecule has 22 heteroatoms. The summed E-state index contributed by atoms with van der Waals surface area (Å²) in [6.07, 6.45) is -6.79. The summed E-state index contributed by atoms with van der Waals surface area (Å²) in [5.74, 6) is -3.35. The second kappa shape index (κ2) is 26.8. The van der Waals surface area contributed by atoms with Crippen LogP contribution >= 0.6 is 0 Å². The van der Waals surface area contributed by atoms with Crippen molar-refractivity contribution >= 4 is 16.0 Å². The van der Waals surface area contributed by atoms with Gasteiger partial charge in [0, 0.05) is 77.4 Å². The van der Waals surface area contributed by atoms with Crippen LogP contribution < -0.4 is 0 Å². The van der Waals surface area contributed by atoms with Gasteiger partial charge < -0.3 is 63.8 Å². The summed E-state index contributed by atoms with van der Waals surface area (Å²) in [6, 6.07) is 4.21. The minimum Gasteiger partial charge on any atom is -0.459 e. The number of aromatic nitrogens is 3. The van der Waals surface area contributed by atoms with Crippen molar-refractivity contribution in [2.75, 3.05) is 61.2 Å². The van der Waals surface area contributed by atoms with E-state index in [4.69, 9.17) is 28.4 Å². The van der Waals surface area contributed by atoms with E-state index in [0.717, 1.165) is 0 Å². The van der Waals surface area contributed by atoms with Crippen LogP contribution in [0.25, 0.3) is 0 Å². The molecule has 0 aliphatic carbocycles. The fraction of sp³-hybridized carbons (Fsp3) is 0.836. The number of ether oxygens (including phenoxy) is 6. The maximum absolute atomic E-state index is 15.0. The first-order chi connectivity index (χ1) is 36.0. The largest absolute Gasteiger partial charge is 0.459 e. The number of alkyl halides is 1. The number of hydrogen-bond donors (Lipinski definition) is 5. The Kier molecular flexibility index (Phi) is 22.7. The zero-order chi connectivity index (χ0) is 57.7. The van der Waals surface area contributed by atoms with Gasteiger partial charge in [-0.3, -0.25) is 4.79 Å². The van der Waals surface area contributed by atoms with Crippen LogP contribution in [0, 0.1) is 23.7 Å². The van der Waals surface area contributed by atoms with Crippen molar-refractivity contribution in [2.45, 2.75) is 216 Å². The molecule has 1 aromatic heterocycles. The maximum Gasteiger partial charge on any atom is 0.309 e. The molecule has 3 fully saturated rings. The Bertz CT molecular complexity index is 2280. The van der Waals surface area contributed by atoms with Crippen LogP contribution in [0.3, 0.4) is 0 Å². The van der Waals surface area contributed by atoms with Crippen LogP contribution in [0.1, 0.15) is 132 Å². The van der Waals surface area contributed by atoms with E-state index in [-0.39, 0.29) is 30.1 Å². The molecule has 0 bridgehead atoms. The topological polar surface area (TPSA) is 248 Å². The van der Waals surface area contributed by atoms with E-state index in [9.17, 15) is 43.1 Å². The molecule has 5 N–H and O–H groups in total. The van der Waals surface area contributed by atoms with Crippen molar-refractivity contribution in [3.8, 4) is 0 Å². The lowest BCUT2D eigenvalue weighted by Crippen LogP contribution is -2.62. The third kappa shape index (κ3) is 14.5. The van der Waals surface area contributed by atoms with Gasteiger partial charge in [0.1, 0.15) is 48.8 Å². The third-order valence-corrected chi connectivity index (χ3v) is 19.5. The van der Waals surface area contributed by atoms with Gasteiger partial charge in [0.25, 0.3) is 0 Å². The van der Waals surface area contributed by atoms with E-state index >= 15 is 0 Å². The van der Waals surface area contributed by atoms with Crippen molar-refractivity contribution in [3.05, 3.63) is 41.7 Å². The molecule has 4 heterocycles. The van der Waals surface area contributed by atoms with Gasteiger partial charge in [-0.15, -0.1) is 5.10 Å². The molecule has 1 aromatic carbocycles. The van der Waals surface area contributed by atoms with Crippen molar-refractivity contribution < 1.29 is 71.6 Å². The Balaban J connectivity index is 1.43. The Labute approximate surface area is 457 Å². The van der Waals surface area contributed by atoms with Gasteiger partial charge in [0.05, 0.1) is 52.1 Å². The zero-order valence-electron chi connectivity index (χ0n) is 48.7. The normalized spacial score (nSPS) is 38.5. The van der Waals surface area contributed by atoms with Crippen LogP contribution in [0.2, 0.25) is 0 Å². The number of aliphatic hydroxyl groups excluding tert-OH is 3. The Morgan fingerprint density at radius 1 is 0.948 bits per heavy atom.